The lowest BCUT2D eigenvalue weighted by molar-refractivity contribution is -0.875. The van der Waals surface area contributed by atoms with Crippen molar-refractivity contribution in [2.24, 2.45) is 0 Å². The highest BCUT2D eigenvalue weighted by Gasteiger charge is 2.48. The number of allylic oxidation sites excluding steroid dienone is 4. The van der Waals surface area contributed by atoms with Crippen LogP contribution in [0.2, 0.25) is 0 Å². The summed E-state index contributed by atoms with van der Waals surface area (Å²) < 4.78 is 12.1. The minimum atomic E-state index is -4.55. The fourth-order valence-corrected chi connectivity index (χ4v) is 4.83. The van der Waals surface area contributed by atoms with Crippen molar-refractivity contribution in [3.63, 3.8) is 0 Å². The van der Waals surface area contributed by atoms with E-state index in [-0.39, 0.29) is 13.0 Å². The van der Waals surface area contributed by atoms with E-state index in [1.807, 2.05) is 21.1 Å². The average Bonchev–Trinajstić information content (AvgIpc) is 2.65. The first kappa shape index (κ1) is 30.6. The molecule has 0 aromatic carbocycles. The van der Waals surface area contributed by atoms with Gasteiger partial charge in [-0.15, -0.1) is 0 Å². The molecule has 0 saturated carbocycles. The Morgan fingerprint density at radius 3 is 1.52 bits per heavy atom. The molecule has 184 valence electrons. The Balaban J connectivity index is 3.69. The zero-order chi connectivity index (χ0) is 23.6. The number of quaternary nitrogens is 1. The number of rotatable bonds is 20. The van der Waals surface area contributed by atoms with Crippen molar-refractivity contribution in [2.75, 3.05) is 27.7 Å². The zero-order valence-electron chi connectivity index (χ0n) is 20.8. The van der Waals surface area contributed by atoms with Gasteiger partial charge in [-0.2, -0.15) is 0 Å². The molecular weight excluding hydrogens is 409 g/mol. The first-order valence-corrected chi connectivity index (χ1v) is 14.0. The molecule has 0 spiro atoms. The minimum absolute atomic E-state index is 0.0548. The van der Waals surface area contributed by atoms with Crippen LogP contribution in [-0.2, 0) is 4.57 Å². The van der Waals surface area contributed by atoms with Crippen LogP contribution < -0.4 is 0 Å². The van der Waals surface area contributed by atoms with Crippen LogP contribution in [0.25, 0.3) is 0 Å². The molecule has 0 radical (unpaired) electrons. The Labute approximate surface area is 192 Å². The molecule has 0 amide bonds. The summed E-state index contributed by atoms with van der Waals surface area (Å²) in [5.41, 5.74) is 0. The Bertz CT molecular complexity index is 536. The van der Waals surface area contributed by atoms with Gasteiger partial charge in [0.2, 0.25) is 5.34 Å². The van der Waals surface area contributed by atoms with E-state index in [0.29, 0.717) is 10.9 Å². The van der Waals surface area contributed by atoms with Gasteiger partial charge in [0, 0.05) is 0 Å². The Morgan fingerprint density at radius 1 is 0.710 bits per heavy atom. The van der Waals surface area contributed by atoms with E-state index in [2.05, 4.69) is 31.2 Å². The van der Waals surface area contributed by atoms with Gasteiger partial charge in [-0.1, -0.05) is 69.8 Å². The third-order valence-electron chi connectivity index (χ3n) is 5.52. The molecule has 0 heterocycles. The van der Waals surface area contributed by atoms with Crippen LogP contribution in [0.15, 0.2) is 24.3 Å². The normalized spacial score (nSPS) is 15.2. The largest absolute Gasteiger partial charge is 0.373 e. The maximum absolute atomic E-state index is 11.8. The quantitative estimate of drug-likeness (QED) is 0.0834. The second-order valence-electron chi connectivity index (χ2n) is 10.0. The Kier molecular flexibility index (Phi) is 16.8. The van der Waals surface area contributed by atoms with Crippen molar-refractivity contribution in [3.8, 4) is 0 Å². The van der Waals surface area contributed by atoms with Crippen molar-refractivity contribution >= 4 is 7.60 Å². The van der Waals surface area contributed by atoms with Gasteiger partial charge in [0.1, 0.15) is 6.54 Å². The summed E-state index contributed by atoms with van der Waals surface area (Å²) in [6.45, 7) is 2.28. The van der Waals surface area contributed by atoms with Crippen LogP contribution in [0, 0.1) is 0 Å². The van der Waals surface area contributed by atoms with Crippen LogP contribution in [-0.4, -0.2) is 52.4 Å². The maximum atomic E-state index is 11.8. The van der Waals surface area contributed by atoms with Crippen molar-refractivity contribution in [1.29, 1.82) is 0 Å². The number of hydrogen-bond acceptors (Lipinski definition) is 2. The topological polar surface area (TPSA) is 77.8 Å². The molecule has 0 aliphatic heterocycles. The fourth-order valence-electron chi connectivity index (χ4n) is 3.77. The summed E-state index contributed by atoms with van der Waals surface area (Å²) in [7, 11) is 0.958. The number of likely N-dealkylation sites (N-methyl/N-ethyl adjacent to an activating group) is 1. The highest BCUT2D eigenvalue weighted by Crippen LogP contribution is 2.52. The third-order valence-corrected chi connectivity index (χ3v) is 6.97. The molecule has 1 unspecified atom stereocenters. The van der Waals surface area contributed by atoms with Crippen LogP contribution in [0.4, 0.5) is 0 Å². The summed E-state index contributed by atoms with van der Waals surface area (Å²) >= 11 is 0. The van der Waals surface area contributed by atoms with Gasteiger partial charge in [-0.25, -0.2) is 0 Å². The van der Waals surface area contributed by atoms with Crippen LogP contribution >= 0.6 is 7.60 Å². The number of hydrogen-bond donors (Lipinski definition) is 3. The SMILES string of the molecule is CCCC/C=C\CCCC/C=C\CCCCCCCCC(O)(C[N+](C)(C)C)P(=O)(O)O. The van der Waals surface area contributed by atoms with Gasteiger partial charge in [0.15, 0.2) is 0 Å². The lowest BCUT2D eigenvalue weighted by Gasteiger charge is -2.35. The fraction of sp³-hybridized carbons (Fsp3) is 0.840. The Morgan fingerprint density at radius 2 is 1.10 bits per heavy atom. The highest BCUT2D eigenvalue weighted by atomic mass is 31.2. The maximum Gasteiger partial charge on any atom is 0.362 e. The number of aliphatic hydroxyl groups is 1. The van der Waals surface area contributed by atoms with Gasteiger partial charge in [0.05, 0.1) is 21.1 Å². The predicted octanol–water partition coefficient (Wildman–Crippen LogP) is 6.54. The first-order valence-electron chi connectivity index (χ1n) is 12.4. The predicted molar refractivity (Wildman–Crippen MR) is 133 cm³/mol. The van der Waals surface area contributed by atoms with Crippen LogP contribution in [0.3, 0.4) is 0 Å². The average molecular weight is 461 g/mol. The third kappa shape index (κ3) is 17.7. The molecule has 1 atom stereocenters. The van der Waals surface area contributed by atoms with E-state index in [0.717, 1.165) is 25.7 Å². The molecule has 0 aliphatic carbocycles. The summed E-state index contributed by atoms with van der Waals surface area (Å²) in [5.74, 6) is 0. The molecule has 0 fully saturated rings. The molecule has 0 aromatic rings. The second kappa shape index (κ2) is 17.1. The summed E-state index contributed by atoms with van der Waals surface area (Å²) in [5, 5.41) is 8.61. The van der Waals surface area contributed by atoms with E-state index in [1.54, 1.807) is 0 Å². The smallest absolute Gasteiger partial charge is 0.362 e. The second-order valence-corrected chi connectivity index (χ2v) is 11.9. The molecular formula is C25H51NO4P+. The molecule has 0 saturated heterocycles. The number of nitrogens with zero attached hydrogens (tertiary/aromatic N) is 1. The van der Waals surface area contributed by atoms with Crippen molar-refractivity contribution in [2.45, 2.75) is 109 Å². The summed E-state index contributed by atoms with van der Waals surface area (Å²) in [6.07, 6.45) is 25.4. The van der Waals surface area contributed by atoms with E-state index < -0.39 is 12.9 Å². The van der Waals surface area contributed by atoms with Crippen molar-refractivity contribution in [1.82, 2.24) is 0 Å². The van der Waals surface area contributed by atoms with E-state index in [1.165, 1.54) is 57.8 Å². The van der Waals surface area contributed by atoms with Gasteiger partial charge in [-0.3, -0.25) is 4.57 Å². The first-order chi connectivity index (χ1) is 14.5. The lowest BCUT2D eigenvalue weighted by Crippen LogP contribution is -2.49. The molecule has 0 rings (SSSR count). The molecule has 3 N–H and O–H groups in total. The summed E-state index contributed by atoms with van der Waals surface area (Å²) in [6, 6.07) is 0. The van der Waals surface area contributed by atoms with Crippen LogP contribution in [0.1, 0.15) is 103 Å². The van der Waals surface area contributed by atoms with Gasteiger partial charge in [-0.05, 0) is 57.8 Å². The van der Waals surface area contributed by atoms with E-state index >= 15 is 0 Å². The van der Waals surface area contributed by atoms with Crippen molar-refractivity contribution in [3.05, 3.63) is 24.3 Å². The van der Waals surface area contributed by atoms with Crippen LogP contribution in [0.5, 0.6) is 0 Å². The van der Waals surface area contributed by atoms with Gasteiger partial charge < -0.3 is 19.4 Å². The highest BCUT2D eigenvalue weighted by molar-refractivity contribution is 7.53. The molecule has 0 bridgehead atoms. The van der Waals surface area contributed by atoms with E-state index in [4.69, 9.17) is 0 Å². The standard InChI is InChI=1S/C25H50NO4P/c1-5-6-7-8-9-10-11-12-13-14-15-16-17-18-19-20-21-22-23-25(27,31(28,29)30)24-26(2,3)4/h8-9,14-15,27H,5-7,10-13,16-24H2,1-4H3,(H-,28,29,30)/p+1/b9-8-,15-14-. The summed E-state index contributed by atoms with van der Waals surface area (Å²) in [4.78, 5) is 19.2. The lowest BCUT2D eigenvalue weighted by atomic mass is 10.0. The Hall–Kier alpha value is -0.450. The molecule has 0 aromatic heterocycles. The zero-order valence-corrected chi connectivity index (χ0v) is 21.7. The monoisotopic (exact) mass is 460 g/mol. The molecule has 6 heteroatoms. The molecule has 5 nitrogen and oxygen atoms in total. The minimum Gasteiger partial charge on any atom is -0.373 e. The number of unbranched alkanes of at least 4 members (excludes halogenated alkanes) is 11. The van der Waals surface area contributed by atoms with E-state index in [9.17, 15) is 19.5 Å². The van der Waals surface area contributed by atoms with Gasteiger partial charge in [0.25, 0.3) is 0 Å². The van der Waals surface area contributed by atoms with Crippen molar-refractivity contribution < 1.29 is 23.9 Å². The molecule has 0 aliphatic rings. The van der Waals surface area contributed by atoms with Gasteiger partial charge >= 0.3 is 7.60 Å². The molecule has 31 heavy (non-hydrogen) atoms.